The molecule has 112 valence electrons. The monoisotopic (exact) mass is 298 g/mol. The first-order valence-electron chi connectivity index (χ1n) is 6.90. The number of likely N-dealkylation sites (N-methyl/N-ethyl adjacent to an activating group) is 1. The van der Waals surface area contributed by atoms with Gasteiger partial charge in [0.05, 0.1) is 10.6 Å². The number of nitrogens with one attached hydrogen (secondary N) is 1. The molecule has 0 saturated carbocycles. The molecule has 0 aliphatic carbocycles. The molecule has 0 atom stereocenters. The molecule has 0 spiro atoms. The number of carbonyl (C=O) groups is 1. The highest BCUT2D eigenvalue weighted by Gasteiger charge is 2.12. The van der Waals surface area contributed by atoms with Crippen molar-refractivity contribution in [1.29, 1.82) is 0 Å². The number of esters is 1. The van der Waals surface area contributed by atoms with Gasteiger partial charge in [0.15, 0.2) is 0 Å². The van der Waals surface area contributed by atoms with Crippen LogP contribution in [0.4, 0.5) is 5.69 Å². The number of benzene rings is 1. The van der Waals surface area contributed by atoms with Crippen LogP contribution in [-0.4, -0.2) is 44.7 Å². The third kappa shape index (κ3) is 5.80. The fraction of sp³-hybridized carbons (Fsp3) is 0.533. The second-order valence-corrected chi connectivity index (χ2v) is 5.32. The molecule has 0 bridgehead atoms. The average Bonchev–Trinajstić information content (AvgIpc) is 2.38. The summed E-state index contributed by atoms with van der Waals surface area (Å²) < 4.78 is 5.17. The van der Waals surface area contributed by atoms with Crippen molar-refractivity contribution in [3.63, 3.8) is 0 Å². The number of ether oxygens (including phenoxy) is 1. The molecule has 0 aliphatic heterocycles. The predicted molar refractivity (Wildman–Crippen MR) is 83.7 cm³/mol. The summed E-state index contributed by atoms with van der Waals surface area (Å²) in [6.45, 7) is 4.10. The van der Waals surface area contributed by atoms with Gasteiger partial charge in [0.1, 0.15) is 6.61 Å². The van der Waals surface area contributed by atoms with Crippen LogP contribution in [0.1, 0.15) is 30.1 Å². The van der Waals surface area contributed by atoms with Gasteiger partial charge < -0.3 is 15.0 Å². The Bertz CT molecular complexity index is 436. The number of hydrogen-bond acceptors (Lipinski definition) is 4. The Morgan fingerprint density at radius 2 is 2.15 bits per heavy atom. The summed E-state index contributed by atoms with van der Waals surface area (Å²) in [7, 11) is 3.86. The van der Waals surface area contributed by atoms with Crippen molar-refractivity contribution >= 4 is 23.3 Å². The average molecular weight is 299 g/mol. The Balaban J connectivity index is 2.56. The second-order valence-electron chi connectivity index (χ2n) is 4.91. The second kappa shape index (κ2) is 8.82. The van der Waals surface area contributed by atoms with Crippen LogP contribution in [0.25, 0.3) is 0 Å². The molecule has 0 amide bonds. The van der Waals surface area contributed by atoms with Crippen molar-refractivity contribution in [2.24, 2.45) is 0 Å². The Labute approximate surface area is 126 Å². The summed E-state index contributed by atoms with van der Waals surface area (Å²) in [5, 5.41) is 3.69. The van der Waals surface area contributed by atoms with Gasteiger partial charge in [-0.05, 0) is 38.7 Å². The summed E-state index contributed by atoms with van der Waals surface area (Å²) in [5.41, 5.74) is 1.33. The fourth-order valence-corrected chi connectivity index (χ4v) is 1.86. The van der Waals surface area contributed by atoms with Gasteiger partial charge in [0, 0.05) is 18.8 Å². The number of unbranched alkanes of at least 4 members (excludes halogenated alkanes) is 1. The first kappa shape index (κ1) is 16.8. The van der Waals surface area contributed by atoms with Crippen LogP contribution in [0.15, 0.2) is 18.2 Å². The molecule has 1 aromatic rings. The van der Waals surface area contributed by atoms with Crippen molar-refractivity contribution in [2.45, 2.75) is 19.8 Å². The van der Waals surface area contributed by atoms with Crippen LogP contribution in [0, 0.1) is 0 Å². The van der Waals surface area contributed by atoms with E-state index in [-0.39, 0.29) is 5.97 Å². The third-order valence-electron chi connectivity index (χ3n) is 2.82. The van der Waals surface area contributed by atoms with Crippen molar-refractivity contribution < 1.29 is 9.53 Å². The van der Waals surface area contributed by atoms with E-state index in [9.17, 15) is 4.79 Å². The topological polar surface area (TPSA) is 41.6 Å². The number of rotatable bonds is 8. The number of nitrogens with zero attached hydrogens (tertiary/aromatic N) is 1. The molecule has 1 rings (SSSR count). The van der Waals surface area contributed by atoms with Crippen LogP contribution in [0.2, 0.25) is 5.02 Å². The molecule has 1 aromatic carbocycles. The molecule has 5 heteroatoms. The van der Waals surface area contributed by atoms with E-state index in [1.807, 2.05) is 25.1 Å². The maximum Gasteiger partial charge on any atom is 0.339 e. The normalized spacial score (nSPS) is 10.7. The zero-order valence-electron chi connectivity index (χ0n) is 12.4. The number of halogens is 1. The largest absolute Gasteiger partial charge is 0.461 e. The minimum atomic E-state index is -0.378. The highest BCUT2D eigenvalue weighted by molar-refractivity contribution is 6.33. The van der Waals surface area contributed by atoms with E-state index in [2.05, 4.69) is 12.2 Å². The Hall–Kier alpha value is -1.26. The van der Waals surface area contributed by atoms with Gasteiger partial charge in [-0.15, -0.1) is 0 Å². The van der Waals surface area contributed by atoms with Gasteiger partial charge in [0.25, 0.3) is 0 Å². The predicted octanol–water partition coefficient (Wildman–Crippen LogP) is 3.27. The summed E-state index contributed by atoms with van der Waals surface area (Å²) in [4.78, 5) is 13.8. The quantitative estimate of drug-likeness (QED) is 0.591. The van der Waals surface area contributed by atoms with E-state index >= 15 is 0 Å². The van der Waals surface area contributed by atoms with Gasteiger partial charge >= 0.3 is 5.97 Å². The molecule has 0 aromatic heterocycles. The molecular weight excluding hydrogens is 276 g/mol. The minimum Gasteiger partial charge on any atom is -0.461 e. The van der Waals surface area contributed by atoms with Crippen molar-refractivity contribution in [3.8, 4) is 0 Å². The highest BCUT2D eigenvalue weighted by atomic mass is 35.5. The lowest BCUT2D eigenvalue weighted by molar-refractivity contribution is 0.0482. The standard InChI is InChI=1S/C15H23ClN2O2/c1-4-5-8-17-12-6-7-13(14(16)11-12)15(19)20-10-9-18(2)3/h6-7,11,17H,4-5,8-10H2,1-3H3. The third-order valence-corrected chi connectivity index (χ3v) is 3.13. The van der Waals surface area contributed by atoms with E-state index in [4.69, 9.17) is 16.3 Å². The number of anilines is 1. The van der Waals surface area contributed by atoms with Gasteiger partial charge in [0.2, 0.25) is 0 Å². The SMILES string of the molecule is CCCCNc1ccc(C(=O)OCCN(C)C)c(Cl)c1. The van der Waals surface area contributed by atoms with Gasteiger partial charge in [-0.25, -0.2) is 4.79 Å². The molecule has 0 heterocycles. The Kier molecular flexibility index (Phi) is 7.41. The van der Waals surface area contributed by atoms with Crippen LogP contribution in [0.5, 0.6) is 0 Å². The Morgan fingerprint density at radius 1 is 1.40 bits per heavy atom. The van der Waals surface area contributed by atoms with E-state index in [0.29, 0.717) is 23.7 Å². The molecular formula is C15H23ClN2O2. The Morgan fingerprint density at radius 3 is 2.75 bits per heavy atom. The summed E-state index contributed by atoms with van der Waals surface area (Å²) >= 11 is 6.13. The lowest BCUT2D eigenvalue weighted by atomic mass is 10.2. The molecule has 0 radical (unpaired) electrons. The molecule has 20 heavy (non-hydrogen) atoms. The molecule has 0 unspecified atom stereocenters. The van der Waals surface area contributed by atoms with Crippen LogP contribution in [0.3, 0.4) is 0 Å². The summed E-state index contributed by atoms with van der Waals surface area (Å²) in [5.74, 6) is -0.378. The zero-order valence-corrected chi connectivity index (χ0v) is 13.2. The molecule has 0 saturated heterocycles. The first-order valence-corrected chi connectivity index (χ1v) is 7.27. The van der Waals surface area contributed by atoms with Gasteiger partial charge in [-0.3, -0.25) is 0 Å². The summed E-state index contributed by atoms with van der Waals surface area (Å²) in [6, 6.07) is 5.32. The molecule has 1 N–H and O–H groups in total. The smallest absolute Gasteiger partial charge is 0.339 e. The lowest BCUT2D eigenvalue weighted by Gasteiger charge is -2.11. The van der Waals surface area contributed by atoms with Gasteiger partial charge in [-0.2, -0.15) is 0 Å². The molecule has 4 nitrogen and oxygen atoms in total. The van der Waals surface area contributed by atoms with E-state index in [0.717, 1.165) is 25.1 Å². The maximum atomic E-state index is 11.9. The van der Waals surface area contributed by atoms with E-state index in [1.165, 1.54) is 0 Å². The first-order chi connectivity index (χ1) is 9.54. The fourth-order valence-electron chi connectivity index (χ4n) is 1.60. The summed E-state index contributed by atoms with van der Waals surface area (Å²) in [6.07, 6.45) is 2.24. The van der Waals surface area contributed by atoms with Crippen molar-refractivity contribution in [1.82, 2.24) is 4.90 Å². The van der Waals surface area contributed by atoms with Crippen LogP contribution < -0.4 is 5.32 Å². The number of hydrogen-bond donors (Lipinski definition) is 1. The van der Waals surface area contributed by atoms with Crippen molar-refractivity contribution in [2.75, 3.05) is 39.1 Å². The van der Waals surface area contributed by atoms with Crippen molar-refractivity contribution in [3.05, 3.63) is 28.8 Å². The maximum absolute atomic E-state index is 11.9. The number of carbonyl (C=O) groups excluding carboxylic acids is 1. The lowest BCUT2D eigenvalue weighted by Crippen LogP contribution is -2.20. The zero-order chi connectivity index (χ0) is 15.0. The molecule has 0 aliphatic rings. The van der Waals surface area contributed by atoms with Crippen LogP contribution in [-0.2, 0) is 4.74 Å². The van der Waals surface area contributed by atoms with Crippen LogP contribution >= 0.6 is 11.6 Å². The molecule has 0 fully saturated rings. The highest BCUT2D eigenvalue weighted by Crippen LogP contribution is 2.21. The van der Waals surface area contributed by atoms with E-state index < -0.39 is 0 Å². The van der Waals surface area contributed by atoms with E-state index in [1.54, 1.807) is 12.1 Å². The van der Waals surface area contributed by atoms with Gasteiger partial charge in [-0.1, -0.05) is 24.9 Å². The minimum absolute atomic E-state index is 0.360.